The highest BCUT2D eigenvalue weighted by atomic mass is 32.2. The van der Waals surface area contributed by atoms with Gasteiger partial charge in [0.2, 0.25) is 0 Å². The van der Waals surface area contributed by atoms with Gasteiger partial charge in [-0.15, -0.1) is 10.2 Å². The zero-order valence-corrected chi connectivity index (χ0v) is 15.1. The van der Waals surface area contributed by atoms with Crippen molar-refractivity contribution in [1.82, 2.24) is 18.8 Å². The van der Waals surface area contributed by atoms with Gasteiger partial charge in [0, 0.05) is 38.7 Å². The van der Waals surface area contributed by atoms with Gasteiger partial charge in [-0.1, -0.05) is 23.5 Å². The quantitative estimate of drug-likeness (QED) is 0.828. The molecular formula is C15H19FN4O2S2. The summed E-state index contributed by atoms with van der Waals surface area (Å²) in [6.07, 6.45) is 1.62. The van der Waals surface area contributed by atoms with Crippen molar-refractivity contribution in [1.29, 1.82) is 0 Å². The van der Waals surface area contributed by atoms with E-state index in [1.54, 1.807) is 18.2 Å². The first kappa shape index (κ1) is 17.4. The zero-order valence-electron chi connectivity index (χ0n) is 13.5. The van der Waals surface area contributed by atoms with Gasteiger partial charge in [0.05, 0.1) is 0 Å². The molecule has 0 bridgehead atoms. The van der Waals surface area contributed by atoms with E-state index < -0.39 is 10.2 Å². The number of rotatable bonds is 4. The first-order valence-electron chi connectivity index (χ1n) is 7.65. The molecule has 3 rings (SSSR count). The van der Waals surface area contributed by atoms with Gasteiger partial charge in [-0.3, -0.25) is 0 Å². The minimum atomic E-state index is -3.43. The summed E-state index contributed by atoms with van der Waals surface area (Å²) in [5.74, 6) is -0.341. The average Bonchev–Trinajstić information content (AvgIpc) is 3.05. The molecule has 0 spiro atoms. The Hall–Kier alpha value is -1.42. The standard InChI is InChI=1S/C15H19FN4O2S2/c1-19(2)24(21,22)20-9-5-6-11(10-20)14-17-18-15(23-14)12-7-3-4-8-13(12)16/h3-4,7-8,11H,5-6,9-10H2,1-2H3. The van der Waals surface area contributed by atoms with Gasteiger partial charge in [-0.05, 0) is 25.0 Å². The van der Waals surface area contributed by atoms with Gasteiger partial charge in [0.25, 0.3) is 10.2 Å². The maximum absolute atomic E-state index is 13.9. The van der Waals surface area contributed by atoms with Gasteiger partial charge < -0.3 is 0 Å². The maximum Gasteiger partial charge on any atom is 0.281 e. The Bertz CT molecular complexity index is 822. The van der Waals surface area contributed by atoms with E-state index in [-0.39, 0.29) is 11.7 Å². The molecular weight excluding hydrogens is 351 g/mol. The number of halogens is 1. The lowest BCUT2D eigenvalue weighted by Crippen LogP contribution is -2.44. The molecule has 2 heterocycles. The van der Waals surface area contributed by atoms with Crippen LogP contribution in [0.5, 0.6) is 0 Å². The van der Waals surface area contributed by atoms with Gasteiger partial charge >= 0.3 is 0 Å². The Balaban J connectivity index is 1.82. The molecule has 1 aromatic carbocycles. The van der Waals surface area contributed by atoms with Crippen LogP contribution in [0.1, 0.15) is 23.8 Å². The van der Waals surface area contributed by atoms with Gasteiger partial charge in [-0.25, -0.2) is 4.39 Å². The summed E-state index contributed by atoms with van der Waals surface area (Å²) < 4.78 is 41.2. The summed E-state index contributed by atoms with van der Waals surface area (Å²) in [5, 5.41) is 9.56. The monoisotopic (exact) mass is 370 g/mol. The summed E-state index contributed by atoms with van der Waals surface area (Å²) in [5.41, 5.74) is 0.426. The Morgan fingerprint density at radius 1 is 1.29 bits per heavy atom. The molecule has 1 aromatic heterocycles. The highest BCUT2D eigenvalue weighted by Gasteiger charge is 2.32. The third-order valence-corrected chi connectivity index (χ3v) is 7.09. The number of benzene rings is 1. The molecule has 1 aliphatic heterocycles. The fourth-order valence-electron chi connectivity index (χ4n) is 2.73. The van der Waals surface area contributed by atoms with Crippen molar-refractivity contribution in [2.24, 2.45) is 0 Å². The molecule has 0 saturated carbocycles. The summed E-state index contributed by atoms with van der Waals surface area (Å²) >= 11 is 1.33. The second-order valence-electron chi connectivity index (χ2n) is 5.91. The van der Waals surface area contributed by atoms with E-state index in [2.05, 4.69) is 10.2 Å². The van der Waals surface area contributed by atoms with E-state index in [0.29, 0.717) is 23.7 Å². The van der Waals surface area contributed by atoms with Crippen molar-refractivity contribution >= 4 is 21.5 Å². The van der Waals surface area contributed by atoms with Gasteiger partial charge in [0.15, 0.2) is 5.01 Å². The number of piperidine rings is 1. The molecule has 9 heteroatoms. The van der Waals surface area contributed by atoms with Gasteiger partial charge in [-0.2, -0.15) is 17.0 Å². The fourth-order valence-corrected chi connectivity index (χ4v) is 4.91. The van der Waals surface area contributed by atoms with Crippen molar-refractivity contribution in [2.75, 3.05) is 27.2 Å². The third kappa shape index (κ3) is 3.34. The second-order valence-corrected chi connectivity index (χ2v) is 9.06. The Morgan fingerprint density at radius 2 is 2.04 bits per heavy atom. The smallest absolute Gasteiger partial charge is 0.206 e. The minimum Gasteiger partial charge on any atom is -0.206 e. The largest absolute Gasteiger partial charge is 0.281 e. The summed E-state index contributed by atoms with van der Waals surface area (Å²) in [6.45, 7) is 0.891. The van der Waals surface area contributed by atoms with Crippen molar-refractivity contribution < 1.29 is 12.8 Å². The van der Waals surface area contributed by atoms with Crippen LogP contribution in [-0.2, 0) is 10.2 Å². The first-order valence-corrected chi connectivity index (χ1v) is 9.87. The van der Waals surface area contributed by atoms with Crippen LogP contribution < -0.4 is 0 Å². The van der Waals surface area contributed by atoms with Crippen LogP contribution in [0.4, 0.5) is 4.39 Å². The van der Waals surface area contributed by atoms with Crippen molar-refractivity contribution in [3.05, 3.63) is 35.1 Å². The van der Waals surface area contributed by atoms with E-state index in [4.69, 9.17) is 0 Å². The van der Waals surface area contributed by atoms with Crippen LogP contribution in [-0.4, -0.2) is 54.4 Å². The molecule has 1 saturated heterocycles. The van der Waals surface area contributed by atoms with Gasteiger partial charge in [0.1, 0.15) is 10.8 Å². The lowest BCUT2D eigenvalue weighted by Gasteiger charge is -2.32. The molecule has 0 aliphatic carbocycles. The highest BCUT2D eigenvalue weighted by Crippen LogP contribution is 2.34. The molecule has 6 nitrogen and oxygen atoms in total. The van der Waals surface area contributed by atoms with Crippen molar-refractivity contribution in [3.63, 3.8) is 0 Å². The molecule has 1 atom stereocenters. The highest BCUT2D eigenvalue weighted by molar-refractivity contribution is 7.86. The minimum absolute atomic E-state index is 0.00787. The lowest BCUT2D eigenvalue weighted by molar-refractivity contribution is 0.298. The summed E-state index contributed by atoms with van der Waals surface area (Å²) in [6, 6.07) is 6.45. The normalized spacial score (nSPS) is 19.8. The third-order valence-electron chi connectivity index (χ3n) is 4.07. The average molecular weight is 370 g/mol. The van der Waals surface area contributed by atoms with Crippen molar-refractivity contribution in [3.8, 4) is 10.6 Å². The number of nitrogens with zero attached hydrogens (tertiary/aromatic N) is 4. The molecule has 1 aliphatic rings. The molecule has 2 aromatic rings. The van der Waals surface area contributed by atoms with Crippen LogP contribution in [0.25, 0.3) is 10.6 Å². The number of aromatic nitrogens is 2. The van der Waals surface area contributed by atoms with Crippen LogP contribution in [0.3, 0.4) is 0 Å². The predicted molar refractivity (Wildman–Crippen MR) is 91.5 cm³/mol. The number of hydrogen-bond acceptors (Lipinski definition) is 5. The van der Waals surface area contributed by atoms with E-state index in [9.17, 15) is 12.8 Å². The van der Waals surface area contributed by atoms with Crippen molar-refractivity contribution in [2.45, 2.75) is 18.8 Å². The van der Waals surface area contributed by atoms with E-state index in [1.807, 2.05) is 0 Å². The van der Waals surface area contributed by atoms with Crippen LogP contribution in [0.15, 0.2) is 24.3 Å². The SMILES string of the molecule is CN(C)S(=O)(=O)N1CCCC(c2nnc(-c3ccccc3F)s2)C1. The zero-order chi connectivity index (χ0) is 17.3. The molecule has 1 fully saturated rings. The molecule has 0 radical (unpaired) electrons. The topological polar surface area (TPSA) is 66.4 Å². The Morgan fingerprint density at radius 3 is 2.75 bits per heavy atom. The van der Waals surface area contributed by atoms with E-state index in [0.717, 1.165) is 17.8 Å². The predicted octanol–water partition coefficient (Wildman–Crippen LogP) is 2.33. The first-order chi connectivity index (χ1) is 11.4. The van der Waals surface area contributed by atoms with E-state index in [1.165, 1.54) is 40.1 Å². The molecule has 0 amide bonds. The van der Waals surface area contributed by atoms with E-state index >= 15 is 0 Å². The van der Waals surface area contributed by atoms with Crippen LogP contribution >= 0.6 is 11.3 Å². The Kier molecular flexibility index (Phi) is 4.95. The molecule has 24 heavy (non-hydrogen) atoms. The molecule has 0 N–H and O–H groups in total. The Labute approximate surface area is 145 Å². The summed E-state index contributed by atoms with van der Waals surface area (Å²) in [7, 11) is -0.374. The summed E-state index contributed by atoms with van der Waals surface area (Å²) in [4.78, 5) is 0. The molecule has 1 unspecified atom stereocenters. The lowest BCUT2D eigenvalue weighted by atomic mass is 10.0. The molecule has 130 valence electrons. The maximum atomic E-state index is 13.9. The van der Waals surface area contributed by atoms with Crippen LogP contribution in [0.2, 0.25) is 0 Å². The number of hydrogen-bond donors (Lipinski definition) is 0. The second kappa shape index (κ2) is 6.83. The van der Waals surface area contributed by atoms with Crippen LogP contribution in [0, 0.1) is 5.82 Å². The fraction of sp³-hybridized carbons (Fsp3) is 0.467.